The highest BCUT2D eigenvalue weighted by atomic mass is 32.1. The molecule has 0 aliphatic rings. The number of amides is 1. The van der Waals surface area contributed by atoms with Crippen LogP contribution in [-0.2, 0) is 11.2 Å². The summed E-state index contributed by atoms with van der Waals surface area (Å²) in [5, 5.41) is 0. The van der Waals surface area contributed by atoms with Gasteiger partial charge in [-0.3, -0.25) is 4.79 Å². The zero-order valence-electron chi connectivity index (χ0n) is 9.65. The Morgan fingerprint density at radius 1 is 1.53 bits per heavy atom. The van der Waals surface area contributed by atoms with Crippen molar-refractivity contribution >= 4 is 23.1 Å². The van der Waals surface area contributed by atoms with Gasteiger partial charge in [0.05, 0.1) is 11.4 Å². The first-order valence-corrected chi connectivity index (χ1v) is 5.66. The molecular formula is C12H15FN2OS. The second-order valence-electron chi connectivity index (χ2n) is 3.84. The van der Waals surface area contributed by atoms with Gasteiger partial charge in [0.2, 0.25) is 5.91 Å². The Labute approximate surface area is 105 Å². The lowest BCUT2D eigenvalue weighted by Gasteiger charge is -2.16. The highest BCUT2D eigenvalue weighted by Crippen LogP contribution is 2.05. The van der Waals surface area contributed by atoms with Crippen LogP contribution >= 0.6 is 12.2 Å². The van der Waals surface area contributed by atoms with Gasteiger partial charge in [0.15, 0.2) is 0 Å². The zero-order chi connectivity index (χ0) is 12.8. The number of nitrogens with zero attached hydrogens (tertiary/aromatic N) is 1. The van der Waals surface area contributed by atoms with Gasteiger partial charge in [-0.1, -0.05) is 24.4 Å². The van der Waals surface area contributed by atoms with Crippen LogP contribution < -0.4 is 5.73 Å². The standard InChI is InChI=1S/C12H15FN2OS/c1-15(6-5-11(14)17)12(16)8-9-3-2-4-10(13)7-9/h2-4,7H,5-6,8H2,1H3,(H2,14,17). The van der Waals surface area contributed by atoms with Crippen LogP contribution in [0.1, 0.15) is 12.0 Å². The number of likely N-dealkylation sites (N-methyl/N-ethyl adjacent to an activating group) is 1. The molecule has 0 saturated heterocycles. The van der Waals surface area contributed by atoms with Crippen LogP contribution in [0.2, 0.25) is 0 Å². The summed E-state index contributed by atoms with van der Waals surface area (Å²) in [6.45, 7) is 0.490. The van der Waals surface area contributed by atoms with E-state index in [-0.39, 0.29) is 18.1 Å². The van der Waals surface area contributed by atoms with Crippen LogP contribution in [0.15, 0.2) is 24.3 Å². The number of thiocarbonyl (C=S) groups is 1. The minimum absolute atomic E-state index is 0.0770. The smallest absolute Gasteiger partial charge is 0.226 e. The van der Waals surface area contributed by atoms with Crippen molar-refractivity contribution in [2.24, 2.45) is 5.73 Å². The second kappa shape index (κ2) is 6.30. The first kappa shape index (κ1) is 13.6. The molecule has 17 heavy (non-hydrogen) atoms. The molecule has 0 saturated carbocycles. The summed E-state index contributed by atoms with van der Waals surface area (Å²) in [4.78, 5) is 13.7. The third-order valence-corrected chi connectivity index (χ3v) is 2.57. The van der Waals surface area contributed by atoms with Crippen LogP contribution in [0, 0.1) is 5.82 Å². The van der Waals surface area contributed by atoms with E-state index in [9.17, 15) is 9.18 Å². The fourth-order valence-corrected chi connectivity index (χ4v) is 1.45. The Bertz CT molecular complexity index is 423. The minimum atomic E-state index is -0.332. The summed E-state index contributed by atoms with van der Waals surface area (Å²) in [5.41, 5.74) is 6.02. The van der Waals surface area contributed by atoms with E-state index in [0.717, 1.165) is 0 Å². The summed E-state index contributed by atoms with van der Waals surface area (Å²) in [6, 6.07) is 6.03. The molecule has 1 rings (SSSR count). The van der Waals surface area contributed by atoms with Gasteiger partial charge >= 0.3 is 0 Å². The lowest BCUT2D eigenvalue weighted by molar-refractivity contribution is -0.129. The molecule has 0 unspecified atom stereocenters. The van der Waals surface area contributed by atoms with E-state index in [1.807, 2.05) is 0 Å². The maximum absolute atomic E-state index is 12.9. The van der Waals surface area contributed by atoms with E-state index in [1.165, 1.54) is 12.1 Å². The van der Waals surface area contributed by atoms with Crippen LogP contribution in [-0.4, -0.2) is 29.4 Å². The molecule has 1 amide bonds. The van der Waals surface area contributed by atoms with E-state index >= 15 is 0 Å². The Morgan fingerprint density at radius 3 is 2.82 bits per heavy atom. The summed E-state index contributed by atoms with van der Waals surface area (Å²) in [7, 11) is 1.68. The average Bonchev–Trinajstić information content (AvgIpc) is 2.25. The summed E-state index contributed by atoms with van der Waals surface area (Å²) in [5.74, 6) is -0.409. The predicted octanol–water partition coefficient (Wildman–Crippen LogP) is 1.50. The van der Waals surface area contributed by atoms with Gasteiger partial charge in [0.1, 0.15) is 5.82 Å². The largest absolute Gasteiger partial charge is 0.393 e. The van der Waals surface area contributed by atoms with Crippen LogP contribution in [0.5, 0.6) is 0 Å². The van der Waals surface area contributed by atoms with Gasteiger partial charge < -0.3 is 10.6 Å². The molecule has 1 aromatic carbocycles. The monoisotopic (exact) mass is 254 g/mol. The molecule has 0 aliphatic heterocycles. The lowest BCUT2D eigenvalue weighted by atomic mass is 10.1. The highest BCUT2D eigenvalue weighted by Gasteiger charge is 2.10. The molecule has 0 aliphatic carbocycles. The zero-order valence-corrected chi connectivity index (χ0v) is 10.5. The first-order valence-electron chi connectivity index (χ1n) is 5.25. The first-order chi connectivity index (χ1) is 7.99. The quantitative estimate of drug-likeness (QED) is 0.810. The summed E-state index contributed by atoms with van der Waals surface area (Å²) in [6.07, 6.45) is 0.687. The van der Waals surface area contributed by atoms with Crippen molar-refractivity contribution in [3.05, 3.63) is 35.6 Å². The van der Waals surface area contributed by atoms with Crippen molar-refractivity contribution in [3.8, 4) is 0 Å². The normalized spacial score (nSPS) is 10.0. The van der Waals surface area contributed by atoms with Gasteiger partial charge in [0, 0.05) is 20.0 Å². The van der Waals surface area contributed by atoms with Gasteiger partial charge in [-0.05, 0) is 17.7 Å². The molecule has 3 nitrogen and oxygen atoms in total. The molecule has 0 atom stereocenters. The molecule has 1 aromatic rings. The summed E-state index contributed by atoms with van der Waals surface area (Å²) < 4.78 is 12.9. The number of rotatable bonds is 5. The molecule has 0 fully saturated rings. The molecule has 2 N–H and O–H groups in total. The topological polar surface area (TPSA) is 46.3 Å². The van der Waals surface area contributed by atoms with Crippen molar-refractivity contribution in [2.75, 3.05) is 13.6 Å². The number of hydrogen-bond acceptors (Lipinski definition) is 2. The number of carbonyl (C=O) groups is 1. The van der Waals surface area contributed by atoms with Crippen molar-refractivity contribution in [1.82, 2.24) is 4.90 Å². The molecule has 0 spiro atoms. The predicted molar refractivity (Wildman–Crippen MR) is 69.1 cm³/mol. The van der Waals surface area contributed by atoms with Crippen LogP contribution in [0.4, 0.5) is 4.39 Å². The third-order valence-electron chi connectivity index (χ3n) is 2.36. The molecule has 5 heteroatoms. The molecule has 0 heterocycles. The maximum atomic E-state index is 12.9. The third kappa shape index (κ3) is 4.91. The van der Waals surface area contributed by atoms with E-state index in [4.69, 9.17) is 18.0 Å². The van der Waals surface area contributed by atoms with Crippen LogP contribution in [0.3, 0.4) is 0 Å². The number of benzene rings is 1. The number of hydrogen-bond donors (Lipinski definition) is 1. The van der Waals surface area contributed by atoms with Crippen molar-refractivity contribution in [3.63, 3.8) is 0 Å². The Balaban J connectivity index is 2.51. The van der Waals surface area contributed by atoms with E-state index in [2.05, 4.69) is 0 Å². The fourth-order valence-electron chi connectivity index (χ4n) is 1.36. The lowest BCUT2D eigenvalue weighted by Crippen LogP contribution is -2.31. The summed E-state index contributed by atoms with van der Waals surface area (Å²) >= 11 is 4.74. The van der Waals surface area contributed by atoms with E-state index < -0.39 is 0 Å². The van der Waals surface area contributed by atoms with Gasteiger partial charge in [-0.25, -0.2) is 4.39 Å². The SMILES string of the molecule is CN(CCC(N)=S)C(=O)Cc1cccc(F)c1. The minimum Gasteiger partial charge on any atom is -0.393 e. The van der Waals surface area contributed by atoms with Gasteiger partial charge in [0.25, 0.3) is 0 Å². The number of nitrogens with two attached hydrogens (primary N) is 1. The van der Waals surface area contributed by atoms with Crippen molar-refractivity contribution in [2.45, 2.75) is 12.8 Å². The second-order valence-corrected chi connectivity index (χ2v) is 4.36. The Hall–Kier alpha value is -1.49. The van der Waals surface area contributed by atoms with Crippen molar-refractivity contribution < 1.29 is 9.18 Å². The Kier molecular flexibility index (Phi) is 5.03. The fraction of sp³-hybridized carbons (Fsp3) is 0.333. The average molecular weight is 254 g/mol. The molecule has 0 radical (unpaired) electrons. The molecular weight excluding hydrogens is 239 g/mol. The maximum Gasteiger partial charge on any atom is 0.226 e. The Morgan fingerprint density at radius 2 is 2.24 bits per heavy atom. The van der Waals surface area contributed by atoms with E-state index in [0.29, 0.717) is 23.5 Å². The van der Waals surface area contributed by atoms with E-state index in [1.54, 1.807) is 24.1 Å². The highest BCUT2D eigenvalue weighted by molar-refractivity contribution is 7.80. The van der Waals surface area contributed by atoms with Gasteiger partial charge in [-0.2, -0.15) is 0 Å². The van der Waals surface area contributed by atoms with Crippen molar-refractivity contribution in [1.29, 1.82) is 0 Å². The number of carbonyl (C=O) groups excluding carboxylic acids is 1. The number of halogens is 1. The van der Waals surface area contributed by atoms with Gasteiger partial charge in [-0.15, -0.1) is 0 Å². The van der Waals surface area contributed by atoms with Crippen LogP contribution in [0.25, 0.3) is 0 Å². The molecule has 0 aromatic heterocycles. The molecule has 0 bridgehead atoms. The molecule has 92 valence electrons.